The Kier molecular flexibility index (Phi) is 3.69. The molecule has 0 radical (unpaired) electrons. The largest absolute Gasteiger partial charge is 0.378 e. The van der Waals surface area contributed by atoms with Gasteiger partial charge in [0.2, 0.25) is 0 Å². The van der Waals surface area contributed by atoms with Crippen molar-refractivity contribution in [2.24, 2.45) is 5.73 Å². The lowest BCUT2D eigenvalue weighted by molar-refractivity contribution is 0.143. The van der Waals surface area contributed by atoms with Gasteiger partial charge in [0.05, 0.1) is 5.54 Å². The first-order valence-corrected chi connectivity index (χ1v) is 6.78. The minimum absolute atomic E-state index is 0.212. The zero-order valence-corrected chi connectivity index (χ0v) is 12.0. The molecule has 0 aliphatic heterocycles. The molecule has 1 aliphatic carbocycles. The molecule has 19 heavy (non-hydrogen) atoms. The molecule has 1 fully saturated rings. The quantitative estimate of drug-likeness (QED) is 0.909. The molecule has 0 saturated heterocycles. The maximum atomic E-state index is 11.6. The predicted octanol–water partition coefficient (Wildman–Crippen LogP) is 2.53. The first-order valence-electron chi connectivity index (χ1n) is 6.78. The lowest BCUT2D eigenvalue weighted by Crippen LogP contribution is -2.47. The smallest absolute Gasteiger partial charge is 0.315 e. The Balaban J connectivity index is 2.36. The first kappa shape index (κ1) is 13.7. The molecule has 0 heterocycles. The lowest BCUT2D eigenvalue weighted by atomic mass is 9.86. The summed E-state index contributed by atoms with van der Waals surface area (Å²) in [5, 5.41) is 0. The summed E-state index contributed by atoms with van der Waals surface area (Å²) in [6.07, 6.45) is 4.28. The van der Waals surface area contributed by atoms with Crippen LogP contribution in [0.1, 0.15) is 31.2 Å². The van der Waals surface area contributed by atoms with E-state index in [-0.39, 0.29) is 11.6 Å². The SMILES string of the molecule is CN(C)c1ccc(C2(N(C)C(N)=O)CCCC2)cc1. The molecular weight excluding hydrogens is 238 g/mol. The summed E-state index contributed by atoms with van der Waals surface area (Å²) in [5.41, 5.74) is 7.64. The van der Waals surface area contributed by atoms with Crippen LogP contribution >= 0.6 is 0 Å². The molecule has 0 atom stereocenters. The van der Waals surface area contributed by atoms with Gasteiger partial charge in [-0.25, -0.2) is 4.79 Å². The van der Waals surface area contributed by atoms with Crippen molar-refractivity contribution in [3.8, 4) is 0 Å². The van der Waals surface area contributed by atoms with E-state index >= 15 is 0 Å². The molecule has 1 saturated carbocycles. The van der Waals surface area contributed by atoms with Gasteiger partial charge in [-0.3, -0.25) is 0 Å². The van der Waals surface area contributed by atoms with E-state index < -0.39 is 0 Å². The molecule has 0 aromatic heterocycles. The van der Waals surface area contributed by atoms with Crippen LogP contribution in [0.4, 0.5) is 10.5 Å². The van der Waals surface area contributed by atoms with Gasteiger partial charge < -0.3 is 15.5 Å². The molecule has 0 spiro atoms. The number of amides is 2. The number of hydrogen-bond donors (Lipinski definition) is 1. The fourth-order valence-corrected chi connectivity index (χ4v) is 3.06. The van der Waals surface area contributed by atoms with E-state index in [2.05, 4.69) is 29.2 Å². The number of rotatable bonds is 3. The number of hydrogen-bond acceptors (Lipinski definition) is 2. The van der Waals surface area contributed by atoms with Gasteiger partial charge in [-0.15, -0.1) is 0 Å². The summed E-state index contributed by atoms with van der Waals surface area (Å²) < 4.78 is 0. The second-order valence-electron chi connectivity index (χ2n) is 5.58. The highest BCUT2D eigenvalue weighted by Gasteiger charge is 2.41. The van der Waals surface area contributed by atoms with Crippen LogP contribution in [-0.2, 0) is 5.54 Å². The summed E-state index contributed by atoms with van der Waals surface area (Å²) >= 11 is 0. The van der Waals surface area contributed by atoms with Crippen molar-refractivity contribution in [1.29, 1.82) is 0 Å². The third kappa shape index (κ3) is 2.39. The van der Waals surface area contributed by atoms with E-state index in [1.54, 1.807) is 4.90 Å². The van der Waals surface area contributed by atoms with Gasteiger partial charge in [0.1, 0.15) is 0 Å². The third-order valence-corrected chi connectivity index (χ3v) is 4.32. The molecule has 0 bridgehead atoms. The zero-order valence-electron chi connectivity index (χ0n) is 12.0. The number of anilines is 1. The molecule has 1 aliphatic rings. The van der Waals surface area contributed by atoms with E-state index in [1.165, 1.54) is 11.3 Å². The second kappa shape index (κ2) is 5.11. The monoisotopic (exact) mass is 261 g/mol. The highest BCUT2D eigenvalue weighted by atomic mass is 16.2. The Bertz CT molecular complexity index is 447. The summed E-state index contributed by atoms with van der Waals surface area (Å²) in [6, 6.07) is 8.10. The number of urea groups is 1. The van der Waals surface area contributed by atoms with Crippen LogP contribution in [0.15, 0.2) is 24.3 Å². The summed E-state index contributed by atoms with van der Waals surface area (Å²) in [5.74, 6) is 0. The fraction of sp³-hybridized carbons (Fsp3) is 0.533. The van der Waals surface area contributed by atoms with Crippen LogP contribution in [0.25, 0.3) is 0 Å². The van der Waals surface area contributed by atoms with Gasteiger partial charge in [0.15, 0.2) is 0 Å². The molecule has 4 nitrogen and oxygen atoms in total. The lowest BCUT2D eigenvalue weighted by Gasteiger charge is -2.38. The van der Waals surface area contributed by atoms with Gasteiger partial charge in [0, 0.05) is 26.8 Å². The molecule has 0 unspecified atom stereocenters. The Morgan fingerprint density at radius 2 is 1.63 bits per heavy atom. The van der Waals surface area contributed by atoms with Crippen molar-refractivity contribution >= 4 is 11.7 Å². The van der Waals surface area contributed by atoms with Crippen LogP contribution in [0, 0.1) is 0 Å². The van der Waals surface area contributed by atoms with Crippen molar-refractivity contribution in [1.82, 2.24) is 4.90 Å². The van der Waals surface area contributed by atoms with Crippen LogP contribution in [0.5, 0.6) is 0 Å². The van der Waals surface area contributed by atoms with Gasteiger partial charge in [-0.05, 0) is 30.5 Å². The number of nitrogens with two attached hydrogens (primary N) is 1. The molecule has 4 heteroatoms. The minimum Gasteiger partial charge on any atom is -0.378 e. The number of nitrogens with zero attached hydrogens (tertiary/aromatic N) is 2. The van der Waals surface area contributed by atoms with Crippen molar-refractivity contribution in [3.63, 3.8) is 0 Å². The minimum atomic E-state index is -0.349. The predicted molar refractivity (Wildman–Crippen MR) is 78.3 cm³/mol. The molecular formula is C15H23N3O. The second-order valence-corrected chi connectivity index (χ2v) is 5.58. The van der Waals surface area contributed by atoms with Gasteiger partial charge in [0.25, 0.3) is 0 Å². The number of carbonyl (C=O) groups is 1. The van der Waals surface area contributed by atoms with E-state index in [0.717, 1.165) is 25.7 Å². The third-order valence-electron chi connectivity index (χ3n) is 4.32. The Hall–Kier alpha value is -1.71. The summed E-state index contributed by atoms with van der Waals surface area (Å²) in [6.45, 7) is 0. The van der Waals surface area contributed by atoms with Gasteiger partial charge in [-0.1, -0.05) is 25.0 Å². The van der Waals surface area contributed by atoms with Crippen molar-refractivity contribution in [3.05, 3.63) is 29.8 Å². The summed E-state index contributed by atoms with van der Waals surface area (Å²) in [4.78, 5) is 15.4. The average Bonchev–Trinajstić information content (AvgIpc) is 2.88. The number of primary amides is 1. The van der Waals surface area contributed by atoms with Crippen LogP contribution in [-0.4, -0.2) is 32.1 Å². The van der Waals surface area contributed by atoms with E-state index in [1.807, 2.05) is 21.1 Å². The molecule has 104 valence electrons. The van der Waals surface area contributed by atoms with E-state index in [0.29, 0.717) is 0 Å². The van der Waals surface area contributed by atoms with E-state index in [4.69, 9.17) is 5.73 Å². The Labute approximate surface area is 115 Å². The van der Waals surface area contributed by atoms with Gasteiger partial charge >= 0.3 is 6.03 Å². The molecule has 2 rings (SSSR count). The highest BCUT2D eigenvalue weighted by Crippen LogP contribution is 2.43. The van der Waals surface area contributed by atoms with Crippen LogP contribution < -0.4 is 10.6 Å². The molecule has 1 aromatic rings. The highest BCUT2D eigenvalue weighted by molar-refractivity contribution is 5.73. The average molecular weight is 261 g/mol. The summed E-state index contributed by atoms with van der Waals surface area (Å²) in [7, 11) is 5.86. The number of benzene rings is 1. The topological polar surface area (TPSA) is 49.6 Å². The standard InChI is InChI=1S/C15H23N3O/c1-17(2)13-8-6-12(7-9-13)15(10-4-5-11-15)18(3)14(16)19/h6-9H,4-5,10-11H2,1-3H3,(H2,16,19). The Morgan fingerprint density at radius 1 is 1.11 bits per heavy atom. The van der Waals surface area contributed by atoms with Crippen LogP contribution in [0.3, 0.4) is 0 Å². The molecule has 2 N–H and O–H groups in total. The van der Waals surface area contributed by atoms with Crippen LogP contribution in [0.2, 0.25) is 0 Å². The Morgan fingerprint density at radius 3 is 2.05 bits per heavy atom. The maximum absolute atomic E-state index is 11.6. The van der Waals surface area contributed by atoms with E-state index in [9.17, 15) is 4.79 Å². The van der Waals surface area contributed by atoms with Crippen molar-refractivity contribution < 1.29 is 4.79 Å². The maximum Gasteiger partial charge on any atom is 0.315 e. The normalized spacial score (nSPS) is 17.2. The number of carbonyl (C=O) groups excluding carboxylic acids is 1. The first-order chi connectivity index (χ1) is 8.97. The molecule has 1 aromatic carbocycles. The van der Waals surface area contributed by atoms with Gasteiger partial charge in [-0.2, -0.15) is 0 Å². The molecule has 2 amide bonds. The fourth-order valence-electron chi connectivity index (χ4n) is 3.06. The zero-order chi connectivity index (χ0) is 14.0. The van der Waals surface area contributed by atoms with Crippen molar-refractivity contribution in [2.45, 2.75) is 31.2 Å². The van der Waals surface area contributed by atoms with Crippen molar-refractivity contribution in [2.75, 3.05) is 26.0 Å².